The van der Waals surface area contributed by atoms with Gasteiger partial charge in [0.2, 0.25) is 5.95 Å². The first-order chi connectivity index (χ1) is 8.95. The number of carboxylic acids is 1. The lowest BCUT2D eigenvalue weighted by molar-refractivity contribution is 0.0695. The van der Waals surface area contributed by atoms with Crippen LogP contribution in [0.25, 0.3) is 0 Å². The molecule has 0 bridgehead atoms. The number of aromatic carboxylic acids is 1. The minimum absolute atomic E-state index is 0.0426. The molecule has 0 aliphatic heterocycles. The van der Waals surface area contributed by atoms with Crippen molar-refractivity contribution in [3.8, 4) is 0 Å². The molecule has 1 aromatic carbocycles. The molecule has 5 nitrogen and oxygen atoms in total. The topological polar surface area (TPSA) is 75.1 Å². The molecule has 2 rings (SSSR count). The van der Waals surface area contributed by atoms with E-state index in [1.807, 2.05) is 0 Å². The number of nitrogens with one attached hydrogen (secondary N) is 1. The Morgan fingerprint density at radius 1 is 1.32 bits per heavy atom. The fourth-order valence-corrected chi connectivity index (χ4v) is 1.67. The highest BCUT2D eigenvalue weighted by atomic mass is 19.1. The first-order valence-corrected chi connectivity index (χ1v) is 5.57. The van der Waals surface area contributed by atoms with Crippen molar-refractivity contribution >= 4 is 17.6 Å². The van der Waals surface area contributed by atoms with Crippen molar-refractivity contribution < 1.29 is 14.3 Å². The Kier molecular flexibility index (Phi) is 3.41. The van der Waals surface area contributed by atoms with Gasteiger partial charge in [-0.3, -0.25) is 0 Å². The summed E-state index contributed by atoms with van der Waals surface area (Å²) in [6, 6.07) is 4.47. The molecule has 0 spiro atoms. The Morgan fingerprint density at radius 3 is 2.63 bits per heavy atom. The number of anilines is 2. The molecule has 98 valence electrons. The lowest BCUT2D eigenvalue weighted by Gasteiger charge is -2.07. The maximum absolute atomic E-state index is 13.2. The summed E-state index contributed by atoms with van der Waals surface area (Å²) in [4.78, 5) is 18.7. The molecule has 0 saturated heterocycles. The van der Waals surface area contributed by atoms with Gasteiger partial charge in [-0.25, -0.2) is 19.2 Å². The summed E-state index contributed by atoms with van der Waals surface area (Å²) in [5.41, 5.74) is 1.67. The van der Waals surface area contributed by atoms with Gasteiger partial charge < -0.3 is 10.4 Å². The molecule has 0 aliphatic rings. The van der Waals surface area contributed by atoms with Crippen LogP contribution in [0.5, 0.6) is 0 Å². The number of benzene rings is 1. The van der Waals surface area contributed by atoms with Crippen LogP contribution in [0.4, 0.5) is 16.0 Å². The second-order valence-corrected chi connectivity index (χ2v) is 4.14. The predicted octanol–water partition coefficient (Wildman–Crippen LogP) is 2.67. The third kappa shape index (κ3) is 3.04. The summed E-state index contributed by atoms with van der Waals surface area (Å²) in [5, 5.41) is 11.7. The van der Waals surface area contributed by atoms with E-state index in [4.69, 9.17) is 5.11 Å². The number of carboxylic acid groups (broad SMARTS) is 1. The summed E-state index contributed by atoms with van der Waals surface area (Å²) in [5.74, 6) is -1.21. The predicted molar refractivity (Wildman–Crippen MR) is 68.1 cm³/mol. The minimum Gasteiger partial charge on any atom is -0.478 e. The van der Waals surface area contributed by atoms with Crippen LogP contribution in [-0.4, -0.2) is 21.0 Å². The number of halogens is 1. The third-order valence-electron chi connectivity index (χ3n) is 2.51. The fraction of sp³-hybridized carbons (Fsp3) is 0.154. The fourth-order valence-electron chi connectivity index (χ4n) is 1.67. The first kappa shape index (κ1) is 12.9. The van der Waals surface area contributed by atoms with E-state index in [0.717, 1.165) is 5.56 Å². The Bertz CT molecular complexity index is 624. The molecule has 0 fully saturated rings. The molecule has 19 heavy (non-hydrogen) atoms. The van der Waals surface area contributed by atoms with Crippen molar-refractivity contribution in [3.05, 3.63) is 47.0 Å². The van der Waals surface area contributed by atoms with Crippen LogP contribution < -0.4 is 5.32 Å². The van der Waals surface area contributed by atoms with Gasteiger partial charge in [0, 0.05) is 11.9 Å². The van der Waals surface area contributed by atoms with Gasteiger partial charge in [0.1, 0.15) is 5.82 Å². The molecule has 0 unspecified atom stereocenters. The monoisotopic (exact) mass is 261 g/mol. The van der Waals surface area contributed by atoms with Gasteiger partial charge in [0.05, 0.1) is 11.3 Å². The summed E-state index contributed by atoms with van der Waals surface area (Å²) in [6.45, 7) is 3.35. The SMILES string of the molecule is Cc1cc(F)cc(Nc2ncc(C(=O)O)c(C)n2)c1. The van der Waals surface area contributed by atoms with Gasteiger partial charge in [-0.05, 0) is 37.6 Å². The van der Waals surface area contributed by atoms with Crippen LogP contribution in [0, 0.1) is 19.7 Å². The van der Waals surface area contributed by atoms with Gasteiger partial charge in [-0.15, -0.1) is 0 Å². The normalized spacial score (nSPS) is 10.3. The van der Waals surface area contributed by atoms with E-state index in [1.54, 1.807) is 19.9 Å². The first-order valence-electron chi connectivity index (χ1n) is 5.57. The average molecular weight is 261 g/mol. The molecule has 0 saturated carbocycles. The number of hydrogen-bond acceptors (Lipinski definition) is 4. The van der Waals surface area contributed by atoms with Gasteiger partial charge in [-0.1, -0.05) is 0 Å². The van der Waals surface area contributed by atoms with Crippen LogP contribution in [0.1, 0.15) is 21.6 Å². The van der Waals surface area contributed by atoms with E-state index in [1.165, 1.54) is 18.3 Å². The van der Waals surface area contributed by atoms with Crippen LogP contribution in [0.3, 0.4) is 0 Å². The van der Waals surface area contributed by atoms with Crippen LogP contribution in [-0.2, 0) is 0 Å². The van der Waals surface area contributed by atoms with E-state index >= 15 is 0 Å². The van der Waals surface area contributed by atoms with Gasteiger partial charge in [-0.2, -0.15) is 0 Å². The number of aromatic nitrogens is 2. The molecule has 6 heteroatoms. The van der Waals surface area contributed by atoms with Gasteiger partial charge in [0.25, 0.3) is 0 Å². The van der Waals surface area contributed by atoms with Crippen molar-refractivity contribution in [1.82, 2.24) is 9.97 Å². The minimum atomic E-state index is -1.08. The molecule has 0 amide bonds. The van der Waals surface area contributed by atoms with E-state index < -0.39 is 5.97 Å². The van der Waals surface area contributed by atoms with Crippen molar-refractivity contribution in [2.45, 2.75) is 13.8 Å². The number of rotatable bonds is 3. The summed E-state index contributed by atoms with van der Waals surface area (Å²) in [7, 11) is 0. The van der Waals surface area contributed by atoms with Gasteiger partial charge in [0.15, 0.2) is 0 Å². The highest BCUT2D eigenvalue weighted by Gasteiger charge is 2.10. The number of aryl methyl sites for hydroxylation is 2. The maximum atomic E-state index is 13.2. The van der Waals surface area contributed by atoms with Crippen LogP contribution >= 0.6 is 0 Å². The largest absolute Gasteiger partial charge is 0.478 e. The Hall–Kier alpha value is -2.50. The number of nitrogens with zero attached hydrogens (tertiary/aromatic N) is 2. The molecular weight excluding hydrogens is 249 g/mol. The molecule has 2 N–H and O–H groups in total. The maximum Gasteiger partial charge on any atom is 0.339 e. The molecule has 1 aromatic heterocycles. The number of carbonyl (C=O) groups is 1. The molecule has 1 heterocycles. The Labute approximate surface area is 109 Å². The smallest absolute Gasteiger partial charge is 0.339 e. The summed E-state index contributed by atoms with van der Waals surface area (Å²) in [6.07, 6.45) is 1.22. The lowest BCUT2D eigenvalue weighted by Crippen LogP contribution is -2.06. The molecule has 0 radical (unpaired) electrons. The average Bonchev–Trinajstić information content (AvgIpc) is 2.26. The van der Waals surface area contributed by atoms with E-state index in [-0.39, 0.29) is 17.3 Å². The van der Waals surface area contributed by atoms with Crippen LogP contribution in [0.15, 0.2) is 24.4 Å². The van der Waals surface area contributed by atoms with Crippen molar-refractivity contribution in [2.24, 2.45) is 0 Å². The molecular formula is C13H12FN3O2. The zero-order chi connectivity index (χ0) is 14.0. The van der Waals surface area contributed by atoms with E-state index in [0.29, 0.717) is 11.4 Å². The lowest BCUT2D eigenvalue weighted by atomic mass is 10.2. The zero-order valence-corrected chi connectivity index (χ0v) is 10.4. The summed E-state index contributed by atoms with van der Waals surface area (Å²) >= 11 is 0. The number of hydrogen-bond donors (Lipinski definition) is 2. The Balaban J connectivity index is 2.28. The van der Waals surface area contributed by atoms with E-state index in [9.17, 15) is 9.18 Å². The molecule has 2 aromatic rings. The van der Waals surface area contributed by atoms with E-state index in [2.05, 4.69) is 15.3 Å². The highest BCUT2D eigenvalue weighted by molar-refractivity contribution is 5.88. The quantitative estimate of drug-likeness (QED) is 0.888. The second kappa shape index (κ2) is 5.01. The van der Waals surface area contributed by atoms with Gasteiger partial charge >= 0.3 is 5.97 Å². The summed E-state index contributed by atoms with van der Waals surface area (Å²) < 4.78 is 13.2. The van der Waals surface area contributed by atoms with Crippen molar-refractivity contribution in [2.75, 3.05) is 5.32 Å². The van der Waals surface area contributed by atoms with Crippen LogP contribution in [0.2, 0.25) is 0 Å². The third-order valence-corrected chi connectivity index (χ3v) is 2.51. The molecule has 0 atom stereocenters. The second-order valence-electron chi connectivity index (χ2n) is 4.14. The highest BCUT2D eigenvalue weighted by Crippen LogP contribution is 2.17. The van der Waals surface area contributed by atoms with Crippen molar-refractivity contribution in [3.63, 3.8) is 0 Å². The zero-order valence-electron chi connectivity index (χ0n) is 10.4. The molecule has 0 aliphatic carbocycles. The van der Waals surface area contributed by atoms with Crippen molar-refractivity contribution in [1.29, 1.82) is 0 Å². The Morgan fingerprint density at radius 2 is 2.05 bits per heavy atom. The standard InChI is InChI=1S/C13H12FN3O2/c1-7-3-9(14)5-10(4-7)17-13-15-6-11(12(18)19)8(2)16-13/h3-6H,1-2H3,(H,18,19)(H,15,16,17).